The molecule has 1 aromatic carbocycles. The maximum absolute atomic E-state index is 11.9. The average molecular weight is 326 g/mol. The molecular formula is C14H16ClN3O4. The first-order valence-corrected chi connectivity index (χ1v) is 7.00. The zero-order valence-electron chi connectivity index (χ0n) is 12.0. The molecule has 1 amide bonds. The number of amides is 1. The number of halogens is 1. The first-order valence-electron chi connectivity index (χ1n) is 6.62. The molecule has 2 rings (SSSR count). The lowest BCUT2D eigenvalue weighted by Crippen LogP contribution is -2.31. The topological polar surface area (TPSA) is 97.5 Å². The summed E-state index contributed by atoms with van der Waals surface area (Å²) >= 11 is 5.94. The molecule has 0 aliphatic rings. The minimum atomic E-state index is -1.32. The van der Waals surface area contributed by atoms with Crippen molar-refractivity contribution in [2.24, 2.45) is 0 Å². The van der Waals surface area contributed by atoms with Crippen LogP contribution in [0.2, 0.25) is 5.02 Å². The summed E-state index contributed by atoms with van der Waals surface area (Å²) in [6.45, 7) is 0.524. The summed E-state index contributed by atoms with van der Waals surface area (Å²) in [6, 6.07) is 6.64. The van der Waals surface area contributed by atoms with Crippen molar-refractivity contribution in [3.05, 3.63) is 46.6 Å². The molecule has 0 aliphatic carbocycles. The molecule has 0 saturated heterocycles. The normalized spacial score (nSPS) is 12.1. The molecule has 2 N–H and O–H groups in total. The van der Waals surface area contributed by atoms with Gasteiger partial charge in [-0.1, -0.05) is 35.0 Å². The first-order chi connectivity index (χ1) is 10.6. The predicted octanol–water partition coefficient (Wildman–Crippen LogP) is 1.26. The van der Waals surface area contributed by atoms with E-state index in [1.54, 1.807) is 24.3 Å². The van der Waals surface area contributed by atoms with Crippen molar-refractivity contribution in [3.8, 4) is 0 Å². The highest BCUT2D eigenvalue weighted by Crippen LogP contribution is 2.22. The van der Waals surface area contributed by atoms with Gasteiger partial charge in [0.05, 0.1) is 0 Å². The molecule has 0 spiro atoms. The van der Waals surface area contributed by atoms with Crippen molar-refractivity contribution in [1.29, 1.82) is 0 Å². The van der Waals surface area contributed by atoms with Crippen molar-refractivity contribution >= 4 is 17.5 Å². The van der Waals surface area contributed by atoms with Crippen LogP contribution in [-0.4, -0.2) is 34.8 Å². The Hall–Kier alpha value is -1.96. The number of rotatable bonds is 7. The smallest absolute Gasteiger partial charge is 0.253 e. The zero-order chi connectivity index (χ0) is 15.9. The number of carbonyl (C=O) groups is 1. The second-order valence-corrected chi connectivity index (χ2v) is 4.91. The third kappa shape index (κ3) is 4.27. The van der Waals surface area contributed by atoms with Crippen LogP contribution in [0.25, 0.3) is 0 Å². The van der Waals surface area contributed by atoms with E-state index >= 15 is 0 Å². The summed E-state index contributed by atoms with van der Waals surface area (Å²) in [5.74, 6) is 0.296. The molecule has 0 saturated carbocycles. The van der Waals surface area contributed by atoms with Crippen LogP contribution >= 0.6 is 11.6 Å². The highest BCUT2D eigenvalue weighted by molar-refractivity contribution is 6.31. The summed E-state index contributed by atoms with van der Waals surface area (Å²) in [5, 5.41) is 16.6. The Morgan fingerprint density at radius 3 is 3.00 bits per heavy atom. The molecule has 0 radical (unpaired) electrons. The molecule has 0 unspecified atom stereocenters. The highest BCUT2D eigenvalue weighted by atomic mass is 35.5. The molecule has 1 heterocycles. The van der Waals surface area contributed by atoms with Gasteiger partial charge in [0.15, 0.2) is 11.9 Å². The average Bonchev–Trinajstić information content (AvgIpc) is 2.95. The summed E-state index contributed by atoms with van der Waals surface area (Å²) < 4.78 is 9.86. The van der Waals surface area contributed by atoms with Gasteiger partial charge in [0.2, 0.25) is 5.89 Å². The minimum absolute atomic E-state index is 0.259. The molecule has 118 valence electrons. The minimum Gasteiger partial charge on any atom is -0.378 e. The molecule has 0 fully saturated rings. The Bertz CT molecular complexity index is 632. The Kier molecular flexibility index (Phi) is 5.88. The molecule has 0 aliphatic heterocycles. The van der Waals surface area contributed by atoms with Gasteiger partial charge in [-0.25, -0.2) is 0 Å². The van der Waals surface area contributed by atoms with Crippen LogP contribution in [0.4, 0.5) is 0 Å². The lowest BCUT2D eigenvalue weighted by Gasteiger charge is -2.12. The maximum atomic E-state index is 11.9. The van der Waals surface area contributed by atoms with Gasteiger partial charge in [0, 0.05) is 30.7 Å². The van der Waals surface area contributed by atoms with Gasteiger partial charge in [0.25, 0.3) is 5.91 Å². The molecule has 2 aromatic rings. The quantitative estimate of drug-likeness (QED) is 0.795. The summed E-state index contributed by atoms with van der Waals surface area (Å²) in [6.07, 6.45) is -0.960. The van der Waals surface area contributed by atoms with Crippen LogP contribution in [0.3, 0.4) is 0 Å². The standard InChI is InChI=1S/C14H16ClN3O4/c1-21-8-11-17-12(22-18-11)6-7-16-14(20)13(19)9-4-2-3-5-10(9)15/h2-5,13,19H,6-8H2,1H3,(H,16,20)/t13-/m0/s1. The lowest BCUT2D eigenvalue weighted by molar-refractivity contribution is -0.129. The van der Waals surface area contributed by atoms with E-state index < -0.39 is 12.0 Å². The van der Waals surface area contributed by atoms with Crippen LogP contribution < -0.4 is 5.32 Å². The second-order valence-electron chi connectivity index (χ2n) is 4.50. The van der Waals surface area contributed by atoms with Crippen molar-refractivity contribution in [2.75, 3.05) is 13.7 Å². The fourth-order valence-corrected chi connectivity index (χ4v) is 2.05. The number of benzene rings is 1. The number of carbonyl (C=O) groups excluding carboxylic acids is 1. The third-order valence-electron chi connectivity index (χ3n) is 2.87. The van der Waals surface area contributed by atoms with Crippen LogP contribution in [0.5, 0.6) is 0 Å². The monoisotopic (exact) mass is 325 g/mol. The number of hydrogen-bond donors (Lipinski definition) is 2. The van der Waals surface area contributed by atoms with Gasteiger partial charge in [-0.15, -0.1) is 0 Å². The summed E-state index contributed by atoms with van der Waals surface area (Å²) in [7, 11) is 1.53. The number of nitrogens with zero attached hydrogens (tertiary/aromatic N) is 2. The molecule has 1 aromatic heterocycles. The van der Waals surface area contributed by atoms with Gasteiger partial charge in [0.1, 0.15) is 6.61 Å². The zero-order valence-corrected chi connectivity index (χ0v) is 12.7. The number of nitrogens with one attached hydrogen (secondary N) is 1. The maximum Gasteiger partial charge on any atom is 0.253 e. The first kappa shape index (κ1) is 16.4. The fourth-order valence-electron chi connectivity index (χ4n) is 1.81. The van der Waals surface area contributed by atoms with Gasteiger partial charge in [-0.2, -0.15) is 4.98 Å². The Morgan fingerprint density at radius 2 is 2.27 bits per heavy atom. The van der Waals surface area contributed by atoms with Gasteiger partial charge >= 0.3 is 0 Å². The molecular weight excluding hydrogens is 310 g/mol. The number of hydrogen-bond acceptors (Lipinski definition) is 6. The molecule has 0 bridgehead atoms. The third-order valence-corrected chi connectivity index (χ3v) is 3.21. The van der Waals surface area contributed by atoms with Crippen molar-refractivity contribution in [2.45, 2.75) is 19.1 Å². The van der Waals surface area contributed by atoms with Crippen LogP contribution in [0.15, 0.2) is 28.8 Å². The number of methoxy groups -OCH3 is 1. The number of aliphatic hydroxyl groups is 1. The molecule has 1 atom stereocenters. The lowest BCUT2D eigenvalue weighted by atomic mass is 10.1. The largest absolute Gasteiger partial charge is 0.378 e. The Balaban J connectivity index is 1.83. The van der Waals surface area contributed by atoms with Crippen molar-refractivity contribution in [3.63, 3.8) is 0 Å². The van der Waals surface area contributed by atoms with E-state index in [0.29, 0.717) is 28.7 Å². The van der Waals surface area contributed by atoms with Crippen LogP contribution in [0, 0.1) is 0 Å². The van der Waals surface area contributed by atoms with Gasteiger partial charge in [-0.05, 0) is 6.07 Å². The van der Waals surface area contributed by atoms with E-state index in [2.05, 4.69) is 15.5 Å². The summed E-state index contributed by atoms with van der Waals surface area (Å²) in [5.41, 5.74) is 0.363. The van der Waals surface area contributed by atoms with E-state index in [1.165, 1.54) is 7.11 Å². The Morgan fingerprint density at radius 1 is 1.50 bits per heavy atom. The molecule has 22 heavy (non-hydrogen) atoms. The van der Waals surface area contributed by atoms with Crippen LogP contribution in [-0.2, 0) is 22.6 Å². The van der Waals surface area contributed by atoms with E-state index in [4.69, 9.17) is 20.9 Å². The fraction of sp³-hybridized carbons (Fsp3) is 0.357. The van der Waals surface area contributed by atoms with E-state index in [-0.39, 0.29) is 13.2 Å². The van der Waals surface area contributed by atoms with Gasteiger partial charge < -0.3 is 19.7 Å². The predicted molar refractivity (Wildman–Crippen MR) is 78.1 cm³/mol. The van der Waals surface area contributed by atoms with E-state index in [1.807, 2.05) is 0 Å². The van der Waals surface area contributed by atoms with E-state index in [9.17, 15) is 9.90 Å². The number of ether oxygens (including phenoxy) is 1. The van der Waals surface area contributed by atoms with E-state index in [0.717, 1.165) is 0 Å². The number of aliphatic hydroxyl groups excluding tert-OH is 1. The second kappa shape index (κ2) is 7.88. The Labute approximate surface area is 132 Å². The van der Waals surface area contributed by atoms with Crippen LogP contribution in [0.1, 0.15) is 23.4 Å². The highest BCUT2D eigenvalue weighted by Gasteiger charge is 2.19. The van der Waals surface area contributed by atoms with Crippen molar-refractivity contribution < 1.29 is 19.2 Å². The van der Waals surface area contributed by atoms with Crippen molar-refractivity contribution in [1.82, 2.24) is 15.5 Å². The summed E-state index contributed by atoms with van der Waals surface area (Å²) in [4.78, 5) is 16.0. The SMILES string of the molecule is COCc1noc(CCNC(=O)[C@@H](O)c2ccccc2Cl)n1. The number of aromatic nitrogens is 2. The van der Waals surface area contributed by atoms with Gasteiger partial charge in [-0.3, -0.25) is 4.79 Å². The molecule has 7 nitrogen and oxygen atoms in total. The molecule has 8 heteroatoms.